The number of hydrogen-bond donors (Lipinski definition) is 1. The van der Waals surface area contributed by atoms with Gasteiger partial charge in [0, 0.05) is 18.7 Å². The number of nitrogens with one attached hydrogen (secondary N) is 1. The van der Waals surface area contributed by atoms with Gasteiger partial charge < -0.3 is 14.8 Å². The molecule has 1 fully saturated rings. The van der Waals surface area contributed by atoms with Crippen molar-refractivity contribution in [3.05, 3.63) is 24.0 Å². The fourth-order valence-corrected chi connectivity index (χ4v) is 2.54. The fraction of sp³-hybridized carbons (Fsp3) is 0.643. The number of rotatable bonds is 5. The third kappa shape index (κ3) is 3.00. The average molecular weight is 250 g/mol. The Bertz CT molecular complexity index is 365. The number of ether oxygens (including phenoxy) is 2. The summed E-state index contributed by atoms with van der Waals surface area (Å²) in [4.78, 5) is 4.50. The lowest BCUT2D eigenvalue weighted by Crippen LogP contribution is -2.34. The zero-order valence-corrected chi connectivity index (χ0v) is 11.2. The molecule has 2 heterocycles. The monoisotopic (exact) mass is 250 g/mol. The molecule has 0 spiro atoms. The smallest absolute Gasteiger partial charge is 0.141 e. The van der Waals surface area contributed by atoms with Gasteiger partial charge in [0.05, 0.1) is 25.5 Å². The molecule has 0 radical (unpaired) electrons. The Morgan fingerprint density at radius 2 is 2.50 bits per heavy atom. The van der Waals surface area contributed by atoms with E-state index in [2.05, 4.69) is 17.2 Å². The third-order valence-electron chi connectivity index (χ3n) is 3.41. The second kappa shape index (κ2) is 6.71. The molecule has 1 N–H and O–H groups in total. The SMILES string of the molecule is CCNC(c1ncccc1OC)C1CCCOC1. The van der Waals surface area contributed by atoms with Gasteiger partial charge in [0.15, 0.2) is 0 Å². The van der Waals surface area contributed by atoms with Crippen molar-refractivity contribution in [1.29, 1.82) is 0 Å². The molecule has 100 valence electrons. The molecule has 2 atom stereocenters. The van der Waals surface area contributed by atoms with E-state index >= 15 is 0 Å². The summed E-state index contributed by atoms with van der Waals surface area (Å²) in [6.45, 7) is 4.72. The van der Waals surface area contributed by atoms with E-state index in [4.69, 9.17) is 9.47 Å². The molecule has 0 bridgehead atoms. The first-order chi connectivity index (χ1) is 8.86. The zero-order valence-electron chi connectivity index (χ0n) is 11.2. The summed E-state index contributed by atoms with van der Waals surface area (Å²) in [5.74, 6) is 1.33. The van der Waals surface area contributed by atoms with E-state index in [-0.39, 0.29) is 6.04 Å². The van der Waals surface area contributed by atoms with Crippen LogP contribution in [0.1, 0.15) is 31.5 Å². The highest BCUT2D eigenvalue weighted by atomic mass is 16.5. The molecule has 1 aliphatic heterocycles. The molecule has 2 rings (SSSR count). The number of hydrogen-bond acceptors (Lipinski definition) is 4. The van der Waals surface area contributed by atoms with Crippen LogP contribution in [0.25, 0.3) is 0 Å². The molecule has 1 aromatic rings. The number of nitrogens with zero attached hydrogens (tertiary/aromatic N) is 1. The van der Waals surface area contributed by atoms with Gasteiger partial charge in [0.2, 0.25) is 0 Å². The number of methoxy groups -OCH3 is 1. The normalized spacial score (nSPS) is 21.6. The van der Waals surface area contributed by atoms with Gasteiger partial charge in [-0.05, 0) is 31.5 Å². The Morgan fingerprint density at radius 3 is 3.17 bits per heavy atom. The highest BCUT2D eigenvalue weighted by molar-refractivity contribution is 5.30. The Hall–Kier alpha value is -1.13. The zero-order chi connectivity index (χ0) is 12.8. The Labute approximate surface area is 109 Å². The largest absolute Gasteiger partial charge is 0.495 e. The van der Waals surface area contributed by atoms with Crippen LogP contribution in [0, 0.1) is 5.92 Å². The van der Waals surface area contributed by atoms with Crippen molar-refractivity contribution in [2.45, 2.75) is 25.8 Å². The molecular weight excluding hydrogens is 228 g/mol. The summed E-state index contributed by atoms with van der Waals surface area (Å²) in [6.07, 6.45) is 4.13. The Morgan fingerprint density at radius 1 is 1.61 bits per heavy atom. The quantitative estimate of drug-likeness (QED) is 0.869. The first kappa shape index (κ1) is 13.3. The molecule has 0 amide bonds. The van der Waals surface area contributed by atoms with Crippen molar-refractivity contribution in [2.24, 2.45) is 5.92 Å². The van der Waals surface area contributed by atoms with E-state index in [1.807, 2.05) is 18.3 Å². The highest BCUT2D eigenvalue weighted by Gasteiger charge is 2.28. The van der Waals surface area contributed by atoms with E-state index in [0.29, 0.717) is 5.92 Å². The maximum Gasteiger partial charge on any atom is 0.141 e. The van der Waals surface area contributed by atoms with Gasteiger partial charge in [-0.1, -0.05) is 6.92 Å². The fourth-order valence-electron chi connectivity index (χ4n) is 2.54. The molecule has 0 aromatic carbocycles. The summed E-state index contributed by atoms with van der Waals surface area (Å²) in [6, 6.07) is 4.09. The summed E-state index contributed by atoms with van der Waals surface area (Å²) < 4.78 is 11.0. The van der Waals surface area contributed by atoms with Crippen molar-refractivity contribution >= 4 is 0 Å². The van der Waals surface area contributed by atoms with Crippen LogP contribution in [-0.2, 0) is 4.74 Å². The van der Waals surface area contributed by atoms with Crippen LogP contribution in [0.5, 0.6) is 5.75 Å². The maximum absolute atomic E-state index is 5.60. The third-order valence-corrected chi connectivity index (χ3v) is 3.41. The summed E-state index contributed by atoms with van der Waals surface area (Å²) in [5, 5.41) is 3.52. The van der Waals surface area contributed by atoms with Crippen molar-refractivity contribution in [2.75, 3.05) is 26.9 Å². The van der Waals surface area contributed by atoms with Gasteiger partial charge in [0.1, 0.15) is 5.75 Å². The van der Waals surface area contributed by atoms with Crippen molar-refractivity contribution < 1.29 is 9.47 Å². The molecule has 2 unspecified atom stereocenters. The van der Waals surface area contributed by atoms with E-state index in [1.54, 1.807) is 7.11 Å². The van der Waals surface area contributed by atoms with Crippen molar-refractivity contribution in [1.82, 2.24) is 10.3 Å². The number of aromatic nitrogens is 1. The van der Waals surface area contributed by atoms with Crippen LogP contribution >= 0.6 is 0 Å². The second-order valence-corrected chi connectivity index (χ2v) is 4.60. The maximum atomic E-state index is 5.60. The van der Waals surface area contributed by atoms with E-state index < -0.39 is 0 Å². The summed E-state index contributed by atoms with van der Waals surface area (Å²) >= 11 is 0. The van der Waals surface area contributed by atoms with Crippen LogP contribution in [0.15, 0.2) is 18.3 Å². The van der Waals surface area contributed by atoms with E-state index in [9.17, 15) is 0 Å². The first-order valence-corrected chi connectivity index (χ1v) is 6.66. The van der Waals surface area contributed by atoms with Crippen LogP contribution in [0.2, 0.25) is 0 Å². The minimum Gasteiger partial charge on any atom is -0.495 e. The van der Waals surface area contributed by atoms with Gasteiger partial charge in [-0.25, -0.2) is 0 Å². The van der Waals surface area contributed by atoms with Gasteiger partial charge in [-0.15, -0.1) is 0 Å². The van der Waals surface area contributed by atoms with Crippen LogP contribution in [0.3, 0.4) is 0 Å². The number of pyridine rings is 1. The second-order valence-electron chi connectivity index (χ2n) is 4.60. The molecule has 0 aliphatic carbocycles. The molecule has 1 aliphatic rings. The Balaban J connectivity index is 2.22. The lowest BCUT2D eigenvalue weighted by Gasteiger charge is -2.31. The van der Waals surface area contributed by atoms with Gasteiger partial charge in [-0.3, -0.25) is 4.98 Å². The van der Waals surface area contributed by atoms with Gasteiger partial charge >= 0.3 is 0 Å². The molecule has 4 nitrogen and oxygen atoms in total. The summed E-state index contributed by atoms with van der Waals surface area (Å²) in [5.41, 5.74) is 0.998. The molecule has 1 aromatic heterocycles. The minimum absolute atomic E-state index is 0.214. The standard InChI is InChI=1S/C14H22N2O2/c1-3-15-13(11-6-5-9-18-10-11)14-12(17-2)7-4-8-16-14/h4,7-8,11,13,15H,3,5-6,9-10H2,1-2H3. The van der Waals surface area contributed by atoms with Gasteiger partial charge in [-0.2, -0.15) is 0 Å². The molecular formula is C14H22N2O2. The highest BCUT2D eigenvalue weighted by Crippen LogP contribution is 2.32. The van der Waals surface area contributed by atoms with Crippen molar-refractivity contribution in [3.63, 3.8) is 0 Å². The topological polar surface area (TPSA) is 43.4 Å². The minimum atomic E-state index is 0.214. The molecule has 4 heteroatoms. The van der Waals surface area contributed by atoms with Crippen LogP contribution in [-0.4, -0.2) is 31.9 Å². The Kier molecular flexibility index (Phi) is 4.96. The van der Waals surface area contributed by atoms with Crippen LogP contribution in [0.4, 0.5) is 0 Å². The average Bonchev–Trinajstić information content (AvgIpc) is 2.46. The van der Waals surface area contributed by atoms with E-state index in [1.165, 1.54) is 6.42 Å². The lowest BCUT2D eigenvalue weighted by atomic mass is 9.91. The van der Waals surface area contributed by atoms with Crippen LogP contribution < -0.4 is 10.1 Å². The predicted molar refractivity (Wildman–Crippen MR) is 70.7 cm³/mol. The lowest BCUT2D eigenvalue weighted by molar-refractivity contribution is 0.0382. The molecule has 0 saturated carbocycles. The van der Waals surface area contributed by atoms with Gasteiger partial charge in [0.25, 0.3) is 0 Å². The molecule has 18 heavy (non-hydrogen) atoms. The summed E-state index contributed by atoms with van der Waals surface area (Å²) in [7, 11) is 1.70. The molecule has 1 saturated heterocycles. The van der Waals surface area contributed by atoms with Crippen molar-refractivity contribution in [3.8, 4) is 5.75 Å². The first-order valence-electron chi connectivity index (χ1n) is 6.66. The van der Waals surface area contributed by atoms with E-state index in [0.717, 1.165) is 37.6 Å². The predicted octanol–water partition coefficient (Wildman–Crippen LogP) is 2.17.